The van der Waals surface area contributed by atoms with Gasteiger partial charge < -0.3 is 10.2 Å². The number of carbonyl (C=O) groups excluding carboxylic acids is 1. The van der Waals surface area contributed by atoms with Crippen molar-refractivity contribution in [3.63, 3.8) is 0 Å². The lowest BCUT2D eigenvalue weighted by molar-refractivity contribution is 0.0995. The minimum absolute atomic E-state index is 0.0285. The standard InChI is InChI=1S/C8H5Cl2N3O2/c9-4-2-1-3(15-4)6-5(10)7(8(11)14)13-12-6/h1-2H,(H2,11,14)(H,12,13). The van der Waals surface area contributed by atoms with Gasteiger partial charge in [0.1, 0.15) is 10.7 Å². The number of hydrogen-bond donors (Lipinski definition) is 2. The van der Waals surface area contributed by atoms with Gasteiger partial charge in [0.2, 0.25) is 0 Å². The zero-order valence-corrected chi connectivity index (χ0v) is 8.76. The molecule has 3 N–H and O–H groups in total. The smallest absolute Gasteiger partial charge is 0.270 e. The van der Waals surface area contributed by atoms with Crippen LogP contribution in [0.5, 0.6) is 0 Å². The van der Waals surface area contributed by atoms with Gasteiger partial charge in [-0.05, 0) is 23.7 Å². The number of rotatable bonds is 2. The largest absolute Gasteiger partial charge is 0.443 e. The van der Waals surface area contributed by atoms with E-state index in [9.17, 15) is 4.79 Å². The van der Waals surface area contributed by atoms with Crippen molar-refractivity contribution in [1.82, 2.24) is 10.2 Å². The molecule has 0 unspecified atom stereocenters. The van der Waals surface area contributed by atoms with E-state index in [0.717, 1.165) is 0 Å². The van der Waals surface area contributed by atoms with Crippen LogP contribution in [0.4, 0.5) is 0 Å². The van der Waals surface area contributed by atoms with Gasteiger partial charge in [-0.25, -0.2) is 0 Å². The van der Waals surface area contributed by atoms with Gasteiger partial charge in [-0.2, -0.15) is 5.10 Å². The maximum atomic E-state index is 10.9. The van der Waals surface area contributed by atoms with Crippen LogP contribution in [0.2, 0.25) is 10.2 Å². The highest BCUT2D eigenvalue weighted by Gasteiger charge is 2.18. The SMILES string of the molecule is NC(=O)c1n[nH]c(-c2ccc(Cl)o2)c1Cl. The molecule has 0 radical (unpaired) electrons. The second-order valence-corrected chi connectivity index (χ2v) is 3.48. The first-order valence-electron chi connectivity index (χ1n) is 3.89. The maximum Gasteiger partial charge on any atom is 0.270 e. The summed E-state index contributed by atoms with van der Waals surface area (Å²) in [5, 5.41) is 6.55. The van der Waals surface area contributed by atoms with Gasteiger partial charge in [0.05, 0.1) is 0 Å². The molecule has 2 heterocycles. The summed E-state index contributed by atoms with van der Waals surface area (Å²) in [5.41, 5.74) is 5.39. The molecule has 0 aliphatic rings. The van der Waals surface area contributed by atoms with Crippen LogP contribution in [0.25, 0.3) is 11.5 Å². The predicted molar refractivity (Wildman–Crippen MR) is 54.8 cm³/mol. The summed E-state index contributed by atoms with van der Waals surface area (Å²) in [6, 6.07) is 3.16. The molecule has 0 atom stereocenters. The lowest BCUT2D eigenvalue weighted by Crippen LogP contribution is -2.11. The summed E-state index contributed by atoms with van der Waals surface area (Å²) < 4.78 is 5.10. The van der Waals surface area contributed by atoms with E-state index in [1.807, 2.05) is 0 Å². The Morgan fingerprint density at radius 2 is 2.20 bits per heavy atom. The molecule has 15 heavy (non-hydrogen) atoms. The first-order valence-corrected chi connectivity index (χ1v) is 4.64. The van der Waals surface area contributed by atoms with E-state index in [0.29, 0.717) is 11.5 Å². The Morgan fingerprint density at radius 3 is 2.67 bits per heavy atom. The number of amides is 1. The molecule has 0 aromatic carbocycles. The minimum Gasteiger partial charge on any atom is -0.443 e. The Morgan fingerprint density at radius 1 is 1.47 bits per heavy atom. The molecule has 5 nitrogen and oxygen atoms in total. The fourth-order valence-electron chi connectivity index (χ4n) is 1.10. The predicted octanol–water partition coefficient (Wildman–Crippen LogP) is 2.08. The molecule has 78 valence electrons. The van der Waals surface area contributed by atoms with Gasteiger partial charge >= 0.3 is 0 Å². The van der Waals surface area contributed by atoms with E-state index in [4.69, 9.17) is 33.4 Å². The third-order valence-corrected chi connectivity index (χ3v) is 2.33. The molecular weight excluding hydrogens is 241 g/mol. The van der Waals surface area contributed by atoms with Crippen LogP contribution in [0.15, 0.2) is 16.5 Å². The molecule has 2 rings (SSSR count). The number of H-pyrrole nitrogens is 1. The first kappa shape index (κ1) is 10.1. The van der Waals surface area contributed by atoms with Crippen LogP contribution in [0.3, 0.4) is 0 Å². The number of aromatic amines is 1. The van der Waals surface area contributed by atoms with Gasteiger partial charge in [0, 0.05) is 0 Å². The van der Waals surface area contributed by atoms with Crippen molar-refractivity contribution in [3.8, 4) is 11.5 Å². The van der Waals surface area contributed by atoms with Crippen molar-refractivity contribution in [2.45, 2.75) is 0 Å². The third-order valence-electron chi connectivity index (χ3n) is 1.76. The third kappa shape index (κ3) is 1.71. The van der Waals surface area contributed by atoms with Gasteiger partial charge in [0.15, 0.2) is 16.7 Å². The summed E-state index contributed by atoms with van der Waals surface area (Å²) in [7, 11) is 0. The number of halogens is 2. The Labute approximate surface area is 94.2 Å². The van der Waals surface area contributed by atoms with Crippen LogP contribution < -0.4 is 5.73 Å². The highest BCUT2D eigenvalue weighted by Crippen LogP contribution is 2.30. The van der Waals surface area contributed by atoms with Crippen molar-refractivity contribution in [3.05, 3.63) is 28.1 Å². The van der Waals surface area contributed by atoms with Crippen LogP contribution in [-0.2, 0) is 0 Å². The summed E-state index contributed by atoms with van der Waals surface area (Å²) in [6.07, 6.45) is 0. The average molecular weight is 246 g/mol. The van der Waals surface area contributed by atoms with Crippen LogP contribution in [0.1, 0.15) is 10.5 Å². The Bertz CT molecular complexity index is 518. The number of nitrogens with two attached hydrogens (primary N) is 1. The molecule has 0 spiro atoms. The van der Waals surface area contributed by atoms with Crippen LogP contribution in [-0.4, -0.2) is 16.1 Å². The number of carbonyl (C=O) groups is 1. The Balaban J connectivity index is 2.50. The zero-order chi connectivity index (χ0) is 11.0. The van der Waals surface area contributed by atoms with Gasteiger partial charge in [-0.15, -0.1) is 0 Å². The second kappa shape index (κ2) is 3.60. The molecule has 0 bridgehead atoms. The molecule has 1 amide bonds. The molecule has 0 aliphatic heterocycles. The highest BCUT2D eigenvalue weighted by molar-refractivity contribution is 6.36. The van der Waals surface area contributed by atoms with E-state index in [1.165, 1.54) is 0 Å². The summed E-state index contributed by atoms with van der Waals surface area (Å²) in [5.74, 6) is -0.315. The average Bonchev–Trinajstić information content (AvgIpc) is 2.71. The normalized spacial score (nSPS) is 10.5. The Kier molecular flexibility index (Phi) is 2.42. The minimum atomic E-state index is -0.708. The number of nitrogens with one attached hydrogen (secondary N) is 1. The topological polar surface area (TPSA) is 84.9 Å². The lowest BCUT2D eigenvalue weighted by atomic mass is 10.3. The molecule has 7 heteroatoms. The fourth-order valence-corrected chi connectivity index (χ4v) is 1.52. The fraction of sp³-hybridized carbons (Fsp3) is 0. The molecule has 2 aromatic heterocycles. The molecule has 0 saturated heterocycles. The van der Waals surface area contributed by atoms with E-state index in [-0.39, 0.29) is 15.9 Å². The van der Waals surface area contributed by atoms with E-state index in [1.54, 1.807) is 12.1 Å². The highest BCUT2D eigenvalue weighted by atomic mass is 35.5. The summed E-state index contributed by atoms with van der Waals surface area (Å²) in [6.45, 7) is 0. The van der Waals surface area contributed by atoms with Crippen molar-refractivity contribution in [2.24, 2.45) is 5.73 Å². The summed E-state index contributed by atoms with van der Waals surface area (Å²) >= 11 is 11.5. The van der Waals surface area contributed by atoms with E-state index < -0.39 is 5.91 Å². The van der Waals surface area contributed by atoms with Crippen LogP contribution >= 0.6 is 23.2 Å². The molecular formula is C8H5Cl2N3O2. The van der Waals surface area contributed by atoms with Crippen molar-refractivity contribution < 1.29 is 9.21 Å². The summed E-state index contributed by atoms with van der Waals surface area (Å²) in [4.78, 5) is 10.9. The number of furan rings is 1. The van der Waals surface area contributed by atoms with Crippen molar-refractivity contribution >= 4 is 29.1 Å². The second-order valence-electron chi connectivity index (χ2n) is 2.73. The van der Waals surface area contributed by atoms with Crippen LogP contribution in [0, 0.1) is 0 Å². The van der Waals surface area contributed by atoms with Gasteiger partial charge in [-0.1, -0.05) is 11.6 Å². The quantitative estimate of drug-likeness (QED) is 0.850. The number of primary amides is 1. The molecule has 0 saturated carbocycles. The maximum absolute atomic E-state index is 10.9. The number of hydrogen-bond acceptors (Lipinski definition) is 3. The van der Waals surface area contributed by atoms with Gasteiger partial charge in [0.25, 0.3) is 5.91 Å². The Hall–Kier alpha value is -1.46. The van der Waals surface area contributed by atoms with Crippen molar-refractivity contribution in [2.75, 3.05) is 0 Å². The lowest BCUT2D eigenvalue weighted by Gasteiger charge is -1.91. The number of nitrogens with zero attached hydrogens (tertiary/aromatic N) is 1. The van der Waals surface area contributed by atoms with Gasteiger partial charge in [-0.3, -0.25) is 9.89 Å². The molecule has 0 aliphatic carbocycles. The van der Waals surface area contributed by atoms with Crippen molar-refractivity contribution in [1.29, 1.82) is 0 Å². The first-order chi connectivity index (χ1) is 7.09. The number of aromatic nitrogens is 2. The van der Waals surface area contributed by atoms with E-state index >= 15 is 0 Å². The molecule has 0 fully saturated rings. The molecule has 2 aromatic rings. The zero-order valence-electron chi connectivity index (χ0n) is 7.25. The monoisotopic (exact) mass is 245 g/mol. The van der Waals surface area contributed by atoms with E-state index in [2.05, 4.69) is 10.2 Å².